The number of hydrogen-bond donors (Lipinski definition) is 4. The van der Waals surface area contributed by atoms with E-state index in [1.165, 1.54) is 24.4 Å². The zero-order valence-electron chi connectivity index (χ0n) is 24.3. The minimum Gasteiger partial charge on any atom is -0.325 e. The number of aromatic nitrogens is 6. The molecule has 4 heterocycles. The Morgan fingerprint density at radius 2 is 1.87 bits per heavy atom. The van der Waals surface area contributed by atoms with Crippen LogP contribution in [0.4, 0.5) is 14.5 Å². The number of carbonyl (C=O) groups excluding carboxylic acids is 1. The van der Waals surface area contributed by atoms with Gasteiger partial charge in [0.1, 0.15) is 28.4 Å². The van der Waals surface area contributed by atoms with Gasteiger partial charge in [0, 0.05) is 41.9 Å². The Kier molecular flexibility index (Phi) is 8.08. The smallest absolute Gasteiger partial charge is 0.224 e. The summed E-state index contributed by atoms with van der Waals surface area (Å²) in [4.78, 5) is 28.7. The zero-order chi connectivity index (χ0) is 31.7. The summed E-state index contributed by atoms with van der Waals surface area (Å²) in [7, 11) is -3.48. The maximum atomic E-state index is 15.3. The summed E-state index contributed by atoms with van der Waals surface area (Å²) in [6.07, 6.45) is 7.76. The Hall–Kier alpha value is -5.08. The highest BCUT2D eigenvalue weighted by molar-refractivity contribution is 7.88. The molecule has 0 unspecified atom stereocenters. The normalized spacial score (nSPS) is 11.8. The van der Waals surface area contributed by atoms with Crippen LogP contribution >= 0.6 is 0 Å². The van der Waals surface area contributed by atoms with E-state index in [1.807, 2.05) is 6.92 Å². The lowest BCUT2D eigenvalue weighted by Crippen LogP contribution is -2.21. The first kappa shape index (κ1) is 30.0. The molecule has 0 atom stereocenters. The van der Waals surface area contributed by atoms with E-state index >= 15 is 4.39 Å². The molecule has 2 aromatic carbocycles. The van der Waals surface area contributed by atoms with Crippen LogP contribution in [-0.2, 0) is 21.4 Å². The number of halogens is 2. The van der Waals surface area contributed by atoms with Gasteiger partial charge in [-0.25, -0.2) is 31.9 Å². The van der Waals surface area contributed by atoms with Crippen LogP contribution in [0.3, 0.4) is 0 Å². The van der Waals surface area contributed by atoms with Gasteiger partial charge in [-0.2, -0.15) is 5.10 Å². The Morgan fingerprint density at radius 3 is 2.67 bits per heavy atom. The molecule has 6 aromatic rings. The number of anilines is 1. The summed E-state index contributed by atoms with van der Waals surface area (Å²) >= 11 is 0. The summed E-state index contributed by atoms with van der Waals surface area (Å²) in [5, 5.41) is 10.4. The second kappa shape index (κ2) is 12.1. The summed E-state index contributed by atoms with van der Waals surface area (Å²) in [6.45, 7) is 1.93. The van der Waals surface area contributed by atoms with Crippen LogP contribution in [-0.4, -0.2) is 50.7 Å². The molecule has 45 heavy (non-hydrogen) atoms. The predicted octanol–water partition coefficient (Wildman–Crippen LogP) is 5.69. The van der Waals surface area contributed by atoms with Gasteiger partial charge in [-0.1, -0.05) is 13.3 Å². The number of fused-ring (bicyclic) bond motifs is 2. The Balaban J connectivity index is 1.38. The zero-order valence-corrected chi connectivity index (χ0v) is 25.1. The minimum absolute atomic E-state index is 0.0829. The molecule has 0 saturated heterocycles. The van der Waals surface area contributed by atoms with Crippen molar-refractivity contribution in [3.05, 3.63) is 78.3 Å². The van der Waals surface area contributed by atoms with Crippen molar-refractivity contribution in [2.24, 2.45) is 0 Å². The number of imidazole rings is 1. The molecule has 1 amide bonds. The van der Waals surface area contributed by atoms with Crippen molar-refractivity contribution >= 4 is 43.7 Å². The number of rotatable bonds is 10. The monoisotopic (exact) mass is 630 g/mol. The van der Waals surface area contributed by atoms with Gasteiger partial charge in [0.15, 0.2) is 11.5 Å². The highest BCUT2D eigenvalue weighted by Gasteiger charge is 2.19. The second-order valence-electron chi connectivity index (χ2n) is 10.6. The molecule has 0 saturated carbocycles. The third-order valence-corrected chi connectivity index (χ3v) is 7.82. The number of amides is 1. The van der Waals surface area contributed by atoms with Crippen molar-refractivity contribution in [3.63, 3.8) is 0 Å². The topological polar surface area (TPSA) is 158 Å². The molecule has 0 bridgehead atoms. The third-order valence-electron chi connectivity index (χ3n) is 7.15. The molecule has 14 heteroatoms. The number of carbonyl (C=O) groups is 1. The van der Waals surface area contributed by atoms with Crippen LogP contribution in [0.1, 0.15) is 31.7 Å². The SMILES string of the molecule is CCCCC(=O)Nc1cncc(-c2cc(F)c3[nH]nc(-c4nc5c(-c6cc(F)cc(CNS(C)(=O)=O)c6)ccnc5[nH]4)c3c2)c1. The van der Waals surface area contributed by atoms with Crippen LogP contribution in [0.25, 0.3) is 55.8 Å². The number of unbranched alkanes of at least 4 members (excludes halogenated alkanes) is 1. The van der Waals surface area contributed by atoms with Gasteiger partial charge in [-0.15, -0.1) is 0 Å². The van der Waals surface area contributed by atoms with Crippen molar-refractivity contribution in [2.75, 3.05) is 11.6 Å². The standard InChI is InChI=1S/C31H28F2N8O3S/c1-3-4-5-26(42)37-22-11-20(15-34-16-22)18-12-24-27(25(33)13-18)40-41-29(24)31-38-28-23(6-7-35-30(28)39-31)19-8-17(9-21(32)10-19)14-36-45(2,43)44/h6-13,15-16,36H,3-5,14H2,1-2H3,(H,37,42)(H,40,41)(H,35,38,39). The summed E-state index contributed by atoms with van der Waals surface area (Å²) < 4.78 is 55.4. The second-order valence-corrected chi connectivity index (χ2v) is 12.5. The number of sulfonamides is 1. The van der Waals surface area contributed by atoms with Crippen LogP contribution in [0.5, 0.6) is 0 Å². The van der Waals surface area contributed by atoms with Crippen molar-refractivity contribution in [1.29, 1.82) is 0 Å². The van der Waals surface area contributed by atoms with Gasteiger partial charge in [-0.05, 0) is 65.6 Å². The first-order chi connectivity index (χ1) is 21.6. The third kappa shape index (κ3) is 6.56. The summed E-state index contributed by atoms with van der Waals surface area (Å²) in [5.41, 5.74) is 4.40. The van der Waals surface area contributed by atoms with Gasteiger partial charge < -0.3 is 10.3 Å². The van der Waals surface area contributed by atoms with E-state index in [1.54, 1.807) is 36.7 Å². The van der Waals surface area contributed by atoms with E-state index in [-0.39, 0.29) is 18.0 Å². The van der Waals surface area contributed by atoms with Gasteiger partial charge in [-0.3, -0.25) is 14.9 Å². The van der Waals surface area contributed by atoms with Crippen molar-refractivity contribution in [3.8, 4) is 33.8 Å². The molecule has 0 aliphatic carbocycles. The number of hydrogen-bond acceptors (Lipinski definition) is 7. The van der Waals surface area contributed by atoms with E-state index in [2.05, 4.69) is 35.2 Å². The van der Waals surface area contributed by atoms with Crippen molar-refractivity contribution < 1.29 is 22.0 Å². The molecule has 0 spiro atoms. The molecule has 0 aliphatic heterocycles. The Labute approximate surface area is 256 Å². The molecular weight excluding hydrogens is 602 g/mol. The average molecular weight is 631 g/mol. The number of aromatic amines is 2. The molecule has 230 valence electrons. The van der Waals surface area contributed by atoms with Gasteiger partial charge in [0.2, 0.25) is 15.9 Å². The first-order valence-electron chi connectivity index (χ1n) is 14.1. The van der Waals surface area contributed by atoms with Gasteiger partial charge in [0.05, 0.1) is 18.1 Å². The van der Waals surface area contributed by atoms with Gasteiger partial charge in [0.25, 0.3) is 0 Å². The highest BCUT2D eigenvalue weighted by atomic mass is 32.2. The fourth-order valence-electron chi connectivity index (χ4n) is 5.03. The predicted molar refractivity (Wildman–Crippen MR) is 167 cm³/mol. The van der Waals surface area contributed by atoms with Crippen LogP contribution in [0, 0.1) is 11.6 Å². The first-order valence-corrected chi connectivity index (χ1v) is 16.0. The van der Waals surface area contributed by atoms with Crippen molar-refractivity contribution in [1.82, 2.24) is 34.9 Å². The number of nitrogens with zero attached hydrogens (tertiary/aromatic N) is 4. The van der Waals surface area contributed by atoms with Crippen molar-refractivity contribution in [2.45, 2.75) is 32.7 Å². The van der Waals surface area contributed by atoms with Crippen LogP contribution < -0.4 is 10.0 Å². The molecule has 4 N–H and O–H groups in total. The number of nitrogens with one attached hydrogen (secondary N) is 4. The van der Waals surface area contributed by atoms with E-state index < -0.39 is 21.7 Å². The number of benzene rings is 2. The number of H-pyrrole nitrogens is 2. The fraction of sp³-hybridized carbons (Fsp3) is 0.194. The maximum Gasteiger partial charge on any atom is 0.224 e. The van der Waals surface area contributed by atoms with Crippen LogP contribution in [0.2, 0.25) is 0 Å². The summed E-state index contributed by atoms with van der Waals surface area (Å²) in [6, 6.07) is 10.8. The molecule has 0 aliphatic rings. The van der Waals surface area contributed by atoms with E-state index in [9.17, 15) is 17.6 Å². The average Bonchev–Trinajstić information content (AvgIpc) is 3.63. The molecular formula is C31H28F2N8O3S. The molecule has 0 fully saturated rings. The fourth-order valence-corrected chi connectivity index (χ4v) is 5.46. The maximum absolute atomic E-state index is 15.3. The largest absolute Gasteiger partial charge is 0.325 e. The van der Waals surface area contributed by atoms with E-state index in [4.69, 9.17) is 4.98 Å². The number of pyridine rings is 2. The molecule has 4 aromatic heterocycles. The Bertz CT molecular complexity index is 2180. The Morgan fingerprint density at radius 1 is 1.02 bits per heavy atom. The van der Waals surface area contributed by atoms with Gasteiger partial charge >= 0.3 is 0 Å². The summed E-state index contributed by atoms with van der Waals surface area (Å²) in [5.74, 6) is -0.895. The molecule has 0 radical (unpaired) electrons. The van der Waals surface area contributed by atoms with Crippen LogP contribution in [0.15, 0.2) is 61.1 Å². The lowest BCUT2D eigenvalue weighted by atomic mass is 10.0. The lowest BCUT2D eigenvalue weighted by Gasteiger charge is -2.08. The minimum atomic E-state index is -3.48. The quantitative estimate of drug-likeness (QED) is 0.151. The molecule has 6 rings (SSSR count). The molecule has 11 nitrogen and oxygen atoms in total. The lowest BCUT2D eigenvalue weighted by molar-refractivity contribution is -0.116. The van der Waals surface area contributed by atoms with E-state index in [0.717, 1.165) is 19.1 Å². The van der Waals surface area contributed by atoms with E-state index in [0.29, 0.717) is 68.0 Å². The highest BCUT2D eigenvalue weighted by Crippen LogP contribution is 2.34.